The average Bonchev–Trinajstić information content (AvgIpc) is 3.34. The van der Waals surface area contributed by atoms with Gasteiger partial charge in [0.1, 0.15) is 36.4 Å². The summed E-state index contributed by atoms with van der Waals surface area (Å²) >= 11 is 0. The number of amides is 8. The molecule has 380 valence electrons. The predicted octanol–water partition coefficient (Wildman–Crippen LogP) is 4.60. The minimum Gasteiger partial charge on any atom is -0.445 e. The molecule has 6 N–H and O–H groups in total. The zero-order chi connectivity index (χ0) is 50.6. The summed E-state index contributed by atoms with van der Waals surface area (Å²) in [6.45, 7) is 10.3. The predicted molar refractivity (Wildman–Crippen MR) is 263 cm³/mol. The molecule has 3 aromatic rings. The maximum atomic E-state index is 14.5. The van der Waals surface area contributed by atoms with E-state index in [4.69, 9.17) is 14.2 Å². The fourth-order valence-corrected chi connectivity index (χ4v) is 8.23. The van der Waals surface area contributed by atoms with E-state index < -0.39 is 59.7 Å². The minimum absolute atomic E-state index is 0.0577. The number of hydrogen-bond donors (Lipinski definition) is 6. The Morgan fingerprint density at radius 3 is 1.60 bits per heavy atom. The van der Waals surface area contributed by atoms with Gasteiger partial charge in [-0.2, -0.15) is 0 Å². The van der Waals surface area contributed by atoms with Crippen LogP contribution >= 0.6 is 0 Å². The van der Waals surface area contributed by atoms with E-state index in [1.165, 1.54) is 7.05 Å². The number of hydrogen-bond acceptors (Lipinski definition) is 10. The van der Waals surface area contributed by atoms with E-state index in [1.54, 1.807) is 30.6 Å². The molecule has 4 atom stereocenters. The van der Waals surface area contributed by atoms with Gasteiger partial charge < -0.3 is 55.9 Å². The van der Waals surface area contributed by atoms with Crippen LogP contribution in [-0.2, 0) is 52.8 Å². The molecular formula is C52H72N8O10. The molecule has 2 heterocycles. The number of rotatable bonds is 20. The van der Waals surface area contributed by atoms with E-state index in [-0.39, 0.29) is 62.5 Å². The summed E-state index contributed by atoms with van der Waals surface area (Å²) in [5.41, 5.74) is 1.54. The Labute approximate surface area is 411 Å². The molecule has 2 aliphatic rings. The van der Waals surface area contributed by atoms with Crippen molar-refractivity contribution in [1.82, 2.24) is 41.7 Å². The normalized spacial score (nSPS) is 16.2. The summed E-state index contributed by atoms with van der Waals surface area (Å²) in [6.07, 6.45) is 0.756. The molecule has 0 radical (unpaired) electrons. The van der Waals surface area contributed by atoms with Crippen LogP contribution < -0.4 is 31.9 Å². The molecule has 18 heteroatoms. The van der Waals surface area contributed by atoms with Crippen molar-refractivity contribution in [2.45, 2.75) is 128 Å². The van der Waals surface area contributed by atoms with Gasteiger partial charge in [-0.1, -0.05) is 105 Å². The molecule has 0 saturated carbocycles. The third kappa shape index (κ3) is 18.3. The molecule has 2 saturated heterocycles. The lowest BCUT2D eigenvalue weighted by Crippen LogP contribution is -2.60. The Morgan fingerprint density at radius 2 is 1.09 bits per heavy atom. The quantitative estimate of drug-likeness (QED) is 0.0923. The number of alkyl carbamates (subject to hydrolysis) is 1. The summed E-state index contributed by atoms with van der Waals surface area (Å²) in [5.74, 6) is -2.36. The maximum absolute atomic E-state index is 14.5. The van der Waals surface area contributed by atoms with Gasteiger partial charge in [0.15, 0.2) is 0 Å². The molecule has 2 aliphatic heterocycles. The fraction of sp³-hybridized carbons (Fsp3) is 0.519. The first kappa shape index (κ1) is 54.3. The smallest absolute Gasteiger partial charge is 0.410 e. The molecule has 70 heavy (non-hydrogen) atoms. The lowest BCUT2D eigenvalue weighted by Gasteiger charge is -2.36. The van der Waals surface area contributed by atoms with Crippen LogP contribution in [0.5, 0.6) is 0 Å². The second-order valence-corrected chi connectivity index (χ2v) is 19.3. The number of piperidine rings is 2. The summed E-state index contributed by atoms with van der Waals surface area (Å²) in [4.78, 5) is 98.7. The van der Waals surface area contributed by atoms with Crippen molar-refractivity contribution >= 4 is 41.8 Å². The van der Waals surface area contributed by atoms with Gasteiger partial charge >= 0.3 is 18.2 Å². The number of carbonyl (C=O) groups excluding carboxylic acids is 7. The van der Waals surface area contributed by atoms with Crippen LogP contribution in [0.25, 0.3) is 0 Å². The summed E-state index contributed by atoms with van der Waals surface area (Å²) in [5, 5.41) is 16.8. The fourth-order valence-electron chi connectivity index (χ4n) is 8.23. The summed E-state index contributed by atoms with van der Waals surface area (Å²) < 4.78 is 17.4. The highest BCUT2D eigenvalue weighted by Crippen LogP contribution is 2.19. The number of nitrogens with zero attached hydrogens (tertiary/aromatic N) is 2. The average molecular weight is 969 g/mol. The lowest BCUT2D eigenvalue weighted by molar-refractivity contribution is -0.141. The number of nitrogens with one attached hydrogen (secondary N) is 6. The molecule has 0 spiro atoms. The molecule has 3 aromatic carbocycles. The molecule has 5 rings (SSSR count). The Kier molecular flexibility index (Phi) is 20.8. The number of benzene rings is 3. The van der Waals surface area contributed by atoms with Crippen molar-refractivity contribution in [3.8, 4) is 0 Å². The topological polar surface area (TPSA) is 226 Å². The maximum Gasteiger partial charge on any atom is 0.410 e. The second kappa shape index (κ2) is 26.9. The van der Waals surface area contributed by atoms with E-state index in [1.807, 2.05) is 105 Å². The Bertz CT molecular complexity index is 2160. The van der Waals surface area contributed by atoms with Gasteiger partial charge in [-0.3, -0.25) is 19.2 Å². The molecule has 0 unspecified atom stereocenters. The van der Waals surface area contributed by atoms with E-state index >= 15 is 0 Å². The van der Waals surface area contributed by atoms with Crippen molar-refractivity contribution in [3.63, 3.8) is 0 Å². The third-order valence-electron chi connectivity index (χ3n) is 11.9. The first-order valence-corrected chi connectivity index (χ1v) is 24.3. The van der Waals surface area contributed by atoms with Crippen molar-refractivity contribution in [2.75, 3.05) is 39.8 Å². The summed E-state index contributed by atoms with van der Waals surface area (Å²) in [6, 6.07) is 22.6. The standard InChI is InChI=1S/C52H72N8O10/c1-35(2)30-41(55-46(62)42(31-36-16-10-7-11-17-36)56-47(63)43(32-37-18-12-8-13-19-37)58-50(66)70-52(3,4)5)45(61)57-44(48(64)59-26-22-39(23-27-59)54-49(65)53-6)34-68-40-24-28-60(29-25-40)51(67)69-33-38-20-14-9-15-21-38/h7-21,35,39-44H,22-34H2,1-6H3,(H,55,62)(H,56,63)(H,57,61)(H,58,66)(H2,53,54,65)/t41-,42-,43-,44-/m1/s1. The molecule has 8 amide bonds. The van der Waals surface area contributed by atoms with Gasteiger partial charge in [0.05, 0.1) is 12.7 Å². The van der Waals surface area contributed by atoms with Gasteiger partial charge in [0.2, 0.25) is 23.6 Å². The lowest BCUT2D eigenvalue weighted by atomic mass is 10.00. The van der Waals surface area contributed by atoms with Crippen molar-refractivity contribution in [1.29, 1.82) is 0 Å². The van der Waals surface area contributed by atoms with Crippen molar-refractivity contribution < 1.29 is 47.8 Å². The zero-order valence-electron chi connectivity index (χ0n) is 41.4. The van der Waals surface area contributed by atoms with Crippen molar-refractivity contribution in [3.05, 3.63) is 108 Å². The van der Waals surface area contributed by atoms with Crippen LogP contribution in [0.2, 0.25) is 0 Å². The molecule has 18 nitrogen and oxygen atoms in total. The van der Waals surface area contributed by atoms with Gasteiger partial charge in [-0.15, -0.1) is 0 Å². The number of urea groups is 1. The van der Waals surface area contributed by atoms with E-state index in [0.29, 0.717) is 51.9 Å². The van der Waals surface area contributed by atoms with Crippen LogP contribution in [-0.4, -0.2) is 133 Å². The summed E-state index contributed by atoms with van der Waals surface area (Å²) in [7, 11) is 1.53. The van der Waals surface area contributed by atoms with Crippen molar-refractivity contribution in [2.24, 2.45) is 5.92 Å². The Hall–Kier alpha value is -6.69. The highest BCUT2D eigenvalue weighted by Gasteiger charge is 2.36. The van der Waals surface area contributed by atoms with Crippen LogP contribution in [0.3, 0.4) is 0 Å². The Balaban J connectivity index is 1.31. The SMILES string of the molecule is CNC(=O)NC1CCN(C(=O)[C@@H](COC2CCN(C(=O)OCc3ccccc3)CC2)NC(=O)[C@@H](CC(C)C)NC(=O)[C@@H](Cc2ccccc2)NC(=O)[C@@H](Cc2ccccc2)NC(=O)OC(C)(C)C)CC1. The van der Waals surface area contributed by atoms with Crippen LogP contribution in [0, 0.1) is 5.92 Å². The van der Waals surface area contributed by atoms with Gasteiger partial charge in [0.25, 0.3) is 0 Å². The van der Waals surface area contributed by atoms with Gasteiger partial charge in [0, 0.05) is 52.1 Å². The number of carbonyl (C=O) groups is 7. The number of likely N-dealkylation sites (tertiary alicyclic amines) is 2. The molecule has 2 fully saturated rings. The molecule has 0 bridgehead atoms. The zero-order valence-corrected chi connectivity index (χ0v) is 41.4. The van der Waals surface area contributed by atoms with Crippen LogP contribution in [0.4, 0.5) is 14.4 Å². The molecule has 0 aromatic heterocycles. The van der Waals surface area contributed by atoms with Crippen LogP contribution in [0.15, 0.2) is 91.0 Å². The highest BCUT2D eigenvalue weighted by molar-refractivity contribution is 5.95. The number of ether oxygens (including phenoxy) is 3. The van der Waals surface area contributed by atoms with E-state index in [2.05, 4.69) is 31.9 Å². The highest BCUT2D eigenvalue weighted by atomic mass is 16.6. The first-order chi connectivity index (χ1) is 33.5. The molecule has 0 aliphatic carbocycles. The second-order valence-electron chi connectivity index (χ2n) is 19.3. The third-order valence-corrected chi connectivity index (χ3v) is 11.9. The van der Waals surface area contributed by atoms with Gasteiger partial charge in [-0.05, 0) is 75.5 Å². The van der Waals surface area contributed by atoms with Crippen LogP contribution in [0.1, 0.15) is 83.4 Å². The van der Waals surface area contributed by atoms with Gasteiger partial charge in [-0.25, -0.2) is 14.4 Å². The Morgan fingerprint density at radius 1 is 0.614 bits per heavy atom. The minimum atomic E-state index is -1.19. The van der Waals surface area contributed by atoms with E-state index in [9.17, 15) is 33.6 Å². The molecular weight excluding hydrogens is 897 g/mol. The van der Waals surface area contributed by atoms with E-state index in [0.717, 1.165) is 16.7 Å². The monoisotopic (exact) mass is 969 g/mol. The largest absolute Gasteiger partial charge is 0.445 e. The first-order valence-electron chi connectivity index (χ1n) is 24.3.